The fourth-order valence-electron chi connectivity index (χ4n) is 4.14. The quantitative estimate of drug-likeness (QED) is 0.841. The highest BCUT2D eigenvalue weighted by atomic mass is 32.1. The minimum Gasteiger partial charge on any atom is -0.348 e. The lowest BCUT2D eigenvalue weighted by atomic mass is 9.77. The van der Waals surface area contributed by atoms with E-state index >= 15 is 0 Å². The zero-order valence-corrected chi connectivity index (χ0v) is 15.0. The second-order valence-electron chi connectivity index (χ2n) is 6.93. The number of nitrogens with zero attached hydrogens (tertiary/aromatic N) is 2. The van der Waals surface area contributed by atoms with E-state index in [1.165, 1.54) is 18.4 Å². The number of hydrogen-bond donors (Lipinski definition) is 1. The Bertz CT molecular complexity index is 721. The van der Waals surface area contributed by atoms with Gasteiger partial charge in [-0.15, -0.1) is 0 Å². The average molecular weight is 353 g/mol. The molecule has 0 saturated carbocycles. The zero-order chi connectivity index (χ0) is 17.1. The third kappa shape index (κ3) is 3.83. The first-order valence-electron chi connectivity index (χ1n) is 8.93. The number of rotatable bonds is 5. The van der Waals surface area contributed by atoms with Crippen LogP contribution in [0.3, 0.4) is 0 Å². The molecular formula is C20H23N3OS. The normalized spacial score (nSPS) is 28.3. The van der Waals surface area contributed by atoms with Gasteiger partial charge in [0.05, 0.1) is 0 Å². The molecule has 2 aromatic rings. The first-order chi connectivity index (χ1) is 12.3. The van der Waals surface area contributed by atoms with Gasteiger partial charge in [-0.05, 0) is 78.4 Å². The van der Waals surface area contributed by atoms with E-state index in [0.29, 0.717) is 12.0 Å². The summed E-state index contributed by atoms with van der Waals surface area (Å²) in [5.74, 6) is 0.603. The Morgan fingerprint density at radius 2 is 2.24 bits per heavy atom. The van der Waals surface area contributed by atoms with Crippen LogP contribution in [0.5, 0.6) is 0 Å². The summed E-state index contributed by atoms with van der Waals surface area (Å²) >= 11 is 1.64. The van der Waals surface area contributed by atoms with Crippen LogP contribution in [0, 0.1) is 5.92 Å². The van der Waals surface area contributed by atoms with Gasteiger partial charge in [0, 0.05) is 30.6 Å². The van der Waals surface area contributed by atoms with Crippen LogP contribution in [-0.4, -0.2) is 41.0 Å². The first kappa shape index (κ1) is 16.5. The minimum atomic E-state index is 0.0149. The van der Waals surface area contributed by atoms with E-state index in [1.54, 1.807) is 17.4 Å². The summed E-state index contributed by atoms with van der Waals surface area (Å²) in [6.45, 7) is 2.29. The Morgan fingerprint density at radius 1 is 1.36 bits per heavy atom. The molecule has 3 fully saturated rings. The molecule has 2 bridgehead atoms. The van der Waals surface area contributed by atoms with Crippen LogP contribution in [0.2, 0.25) is 0 Å². The first-order valence-corrected chi connectivity index (χ1v) is 9.87. The molecule has 0 aromatic carbocycles. The second-order valence-corrected chi connectivity index (χ2v) is 7.71. The number of thiophene rings is 1. The molecule has 5 heteroatoms. The number of pyridine rings is 1. The van der Waals surface area contributed by atoms with E-state index in [1.807, 2.05) is 41.4 Å². The Hall–Kier alpha value is -1.98. The van der Waals surface area contributed by atoms with E-state index < -0.39 is 0 Å². The standard InChI is InChI=1S/C20H23N3OS/c24-19(4-3-15-7-11-25-14-15)22-20-17-5-9-23(10-6-17)18(20)12-16-2-1-8-21-13-16/h1-4,7-8,11,13-14,17-18,20H,5-6,9-10,12H2,(H,22,24)/b4-3+. The number of hydrogen-bond acceptors (Lipinski definition) is 4. The molecule has 5 heterocycles. The third-order valence-electron chi connectivity index (χ3n) is 5.41. The van der Waals surface area contributed by atoms with Gasteiger partial charge in [-0.25, -0.2) is 0 Å². The summed E-state index contributed by atoms with van der Waals surface area (Å²) in [7, 11) is 0. The largest absolute Gasteiger partial charge is 0.348 e. The lowest BCUT2D eigenvalue weighted by Crippen LogP contribution is -2.64. The van der Waals surface area contributed by atoms with E-state index in [-0.39, 0.29) is 11.9 Å². The number of carbonyl (C=O) groups excluding carboxylic acids is 1. The number of piperidine rings is 3. The van der Waals surface area contributed by atoms with Crippen molar-refractivity contribution >= 4 is 23.3 Å². The van der Waals surface area contributed by atoms with Gasteiger partial charge in [0.2, 0.25) is 5.91 Å². The van der Waals surface area contributed by atoms with Gasteiger partial charge in [0.1, 0.15) is 0 Å². The van der Waals surface area contributed by atoms with Crippen molar-refractivity contribution in [3.8, 4) is 0 Å². The predicted molar refractivity (Wildman–Crippen MR) is 101 cm³/mol. The molecule has 2 atom stereocenters. The number of aromatic nitrogens is 1. The monoisotopic (exact) mass is 353 g/mol. The summed E-state index contributed by atoms with van der Waals surface area (Å²) in [5.41, 5.74) is 2.33. The van der Waals surface area contributed by atoms with Crippen molar-refractivity contribution in [1.29, 1.82) is 0 Å². The molecule has 2 aromatic heterocycles. The lowest BCUT2D eigenvalue weighted by molar-refractivity contribution is -0.119. The number of carbonyl (C=O) groups is 1. The fourth-order valence-corrected chi connectivity index (χ4v) is 4.76. The van der Waals surface area contributed by atoms with Crippen LogP contribution in [-0.2, 0) is 11.2 Å². The van der Waals surface area contributed by atoms with Gasteiger partial charge in [0.15, 0.2) is 0 Å². The maximum atomic E-state index is 12.5. The number of fused-ring (bicyclic) bond motifs is 3. The van der Waals surface area contributed by atoms with Gasteiger partial charge in [-0.3, -0.25) is 14.7 Å². The summed E-state index contributed by atoms with van der Waals surface area (Å²) in [6.07, 6.45) is 10.6. The van der Waals surface area contributed by atoms with Gasteiger partial charge < -0.3 is 5.32 Å². The zero-order valence-electron chi connectivity index (χ0n) is 14.2. The van der Waals surface area contributed by atoms with E-state index in [2.05, 4.69) is 21.3 Å². The van der Waals surface area contributed by atoms with Gasteiger partial charge in [-0.2, -0.15) is 11.3 Å². The highest BCUT2D eigenvalue weighted by molar-refractivity contribution is 7.08. The van der Waals surface area contributed by atoms with Crippen molar-refractivity contribution in [1.82, 2.24) is 15.2 Å². The van der Waals surface area contributed by atoms with Crippen molar-refractivity contribution in [2.24, 2.45) is 5.92 Å². The Balaban J connectivity index is 1.46. The molecule has 0 aliphatic carbocycles. The molecule has 5 rings (SSSR count). The highest BCUT2D eigenvalue weighted by Gasteiger charge is 2.42. The molecule has 4 nitrogen and oxygen atoms in total. The topological polar surface area (TPSA) is 45.2 Å². The third-order valence-corrected chi connectivity index (χ3v) is 6.11. The van der Waals surface area contributed by atoms with Gasteiger partial charge >= 0.3 is 0 Å². The molecular weight excluding hydrogens is 330 g/mol. The van der Waals surface area contributed by atoms with Crippen LogP contribution < -0.4 is 5.32 Å². The predicted octanol–water partition coefficient (Wildman–Crippen LogP) is 2.98. The maximum absolute atomic E-state index is 12.5. The molecule has 2 unspecified atom stereocenters. The molecule has 3 aliphatic heterocycles. The minimum absolute atomic E-state index is 0.0149. The van der Waals surface area contributed by atoms with Crippen molar-refractivity contribution < 1.29 is 4.79 Å². The summed E-state index contributed by atoms with van der Waals surface area (Å²) < 4.78 is 0. The van der Waals surface area contributed by atoms with Gasteiger partial charge in [-0.1, -0.05) is 6.07 Å². The van der Waals surface area contributed by atoms with Crippen LogP contribution in [0.4, 0.5) is 0 Å². The molecule has 0 spiro atoms. The Morgan fingerprint density at radius 3 is 2.96 bits per heavy atom. The molecule has 130 valence electrons. The molecule has 25 heavy (non-hydrogen) atoms. The number of nitrogens with one attached hydrogen (secondary N) is 1. The molecule has 1 N–H and O–H groups in total. The Kier molecular flexibility index (Phi) is 4.95. The van der Waals surface area contributed by atoms with E-state index in [0.717, 1.165) is 25.1 Å². The fraction of sp³-hybridized carbons (Fsp3) is 0.400. The second kappa shape index (κ2) is 7.50. The van der Waals surface area contributed by atoms with E-state index in [4.69, 9.17) is 0 Å². The van der Waals surface area contributed by atoms with Gasteiger partial charge in [0.25, 0.3) is 0 Å². The summed E-state index contributed by atoms with van der Waals surface area (Å²) in [6, 6.07) is 6.74. The van der Waals surface area contributed by atoms with Crippen molar-refractivity contribution in [3.05, 3.63) is 58.6 Å². The van der Waals surface area contributed by atoms with Crippen molar-refractivity contribution in [3.63, 3.8) is 0 Å². The highest BCUT2D eigenvalue weighted by Crippen LogP contribution is 2.33. The van der Waals surface area contributed by atoms with Crippen LogP contribution in [0.25, 0.3) is 6.08 Å². The van der Waals surface area contributed by atoms with Crippen LogP contribution in [0.15, 0.2) is 47.4 Å². The van der Waals surface area contributed by atoms with Crippen LogP contribution >= 0.6 is 11.3 Å². The maximum Gasteiger partial charge on any atom is 0.244 e. The van der Waals surface area contributed by atoms with Crippen LogP contribution in [0.1, 0.15) is 24.0 Å². The summed E-state index contributed by atoms with van der Waals surface area (Å²) in [5, 5.41) is 7.37. The molecule has 3 aliphatic rings. The molecule has 0 radical (unpaired) electrons. The lowest BCUT2D eigenvalue weighted by Gasteiger charge is -2.51. The smallest absolute Gasteiger partial charge is 0.244 e. The number of amides is 1. The SMILES string of the molecule is O=C(/C=C/c1ccsc1)NC1C2CCN(CC2)C1Cc1cccnc1. The molecule has 3 saturated heterocycles. The van der Waals surface area contributed by atoms with Crippen molar-refractivity contribution in [2.45, 2.75) is 31.3 Å². The molecule has 1 amide bonds. The Labute approximate surface area is 152 Å². The summed E-state index contributed by atoms with van der Waals surface area (Å²) in [4.78, 5) is 19.2. The average Bonchev–Trinajstić information content (AvgIpc) is 3.17. The van der Waals surface area contributed by atoms with Crippen molar-refractivity contribution in [2.75, 3.05) is 13.1 Å². The van der Waals surface area contributed by atoms with E-state index in [9.17, 15) is 4.79 Å².